The SMILES string of the molecule is CCOC(=O)C1=C(C)N=c2s/c(=C\c3cc(OC)c(OC)cc3Br)c(=O)n2C1c1ccc(C)cc1. The second kappa shape index (κ2) is 10.2. The predicted octanol–water partition coefficient (Wildman–Crippen LogP) is 3.89. The molecule has 1 unspecified atom stereocenters. The molecule has 2 aromatic carbocycles. The minimum atomic E-state index is -0.637. The van der Waals surface area contributed by atoms with Crippen molar-refractivity contribution < 1.29 is 19.0 Å². The third-order valence-corrected chi connectivity index (χ3v) is 7.37. The second-order valence-corrected chi connectivity index (χ2v) is 9.81. The number of esters is 1. The fourth-order valence-corrected chi connectivity index (χ4v) is 5.45. The minimum Gasteiger partial charge on any atom is -0.493 e. The third kappa shape index (κ3) is 4.70. The average Bonchev–Trinajstić information content (AvgIpc) is 3.14. The number of rotatable bonds is 6. The maximum Gasteiger partial charge on any atom is 0.338 e. The summed E-state index contributed by atoms with van der Waals surface area (Å²) in [4.78, 5) is 31.8. The van der Waals surface area contributed by atoms with Crippen molar-refractivity contribution in [2.75, 3.05) is 20.8 Å². The van der Waals surface area contributed by atoms with Crippen LogP contribution in [-0.4, -0.2) is 31.4 Å². The van der Waals surface area contributed by atoms with E-state index in [2.05, 4.69) is 20.9 Å². The quantitative estimate of drug-likeness (QED) is 0.430. The number of allylic oxidation sites excluding steroid dienone is 1. The van der Waals surface area contributed by atoms with E-state index in [1.807, 2.05) is 31.2 Å². The summed E-state index contributed by atoms with van der Waals surface area (Å²) in [5.41, 5.74) is 3.30. The van der Waals surface area contributed by atoms with Gasteiger partial charge in [-0.15, -0.1) is 0 Å². The topological polar surface area (TPSA) is 79.1 Å². The zero-order valence-electron chi connectivity index (χ0n) is 20.0. The van der Waals surface area contributed by atoms with Crippen LogP contribution in [0.3, 0.4) is 0 Å². The Labute approximate surface area is 215 Å². The highest BCUT2D eigenvalue weighted by atomic mass is 79.9. The number of hydrogen-bond acceptors (Lipinski definition) is 7. The van der Waals surface area contributed by atoms with Crippen molar-refractivity contribution in [3.63, 3.8) is 0 Å². The molecule has 182 valence electrons. The molecule has 1 atom stereocenters. The first-order chi connectivity index (χ1) is 16.8. The third-order valence-electron chi connectivity index (χ3n) is 5.70. The zero-order valence-corrected chi connectivity index (χ0v) is 22.5. The fourth-order valence-electron chi connectivity index (χ4n) is 3.98. The van der Waals surface area contributed by atoms with Crippen LogP contribution in [0.1, 0.15) is 36.6 Å². The van der Waals surface area contributed by atoms with Gasteiger partial charge in [-0.2, -0.15) is 0 Å². The van der Waals surface area contributed by atoms with Gasteiger partial charge in [0.25, 0.3) is 5.56 Å². The van der Waals surface area contributed by atoms with Crippen molar-refractivity contribution >= 4 is 39.3 Å². The van der Waals surface area contributed by atoms with E-state index < -0.39 is 12.0 Å². The average molecular weight is 557 g/mol. The monoisotopic (exact) mass is 556 g/mol. The Kier molecular flexibility index (Phi) is 7.28. The number of benzene rings is 2. The van der Waals surface area contributed by atoms with Crippen molar-refractivity contribution in [3.05, 3.63) is 88.5 Å². The molecule has 0 saturated heterocycles. The van der Waals surface area contributed by atoms with Gasteiger partial charge in [-0.05, 0) is 50.1 Å². The summed E-state index contributed by atoms with van der Waals surface area (Å²) in [6, 6.07) is 10.7. The molecule has 0 amide bonds. The molecule has 0 spiro atoms. The number of thiazole rings is 1. The Hall–Kier alpha value is -3.17. The van der Waals surface area contributed by atoms with Crippen LogP contribution in [0.25, 0.3) is 6.08 Å². The van der Waals surface area contributed by atoms with Crippen LogP contribution >= 0.6 is 27.3 Å². The van der Waals surface area contributed by atoms with Gasteiger partial charge in [0.2, 0.25) is 0 Å². The Bertz CT molecular complexity index is 1500. The van der Waals surface area contributed by atoms with E-state index in [-0.39, 0.29) is 12.2 Å². The molecule has 3 aromatic rings. The second-order valence-electron chi connectivity index (χ2n) is 7.94. The van der Waals surface area contributed by atoms with Gasteiger partial charge in [-0.25, -0.2) is 9.79 Å². The number of aryl methyl sites for hydroxylation is 1. The molecule has 0 N–H and O–H groups in total. The van der Waals surface area contributed by atoms with Crippen molar-refractivity contribution in [3.8, 4) is 11.5 Å². The van der Waals surface area contributed by atoms with Gasteiger partial charge in [-0.1, -0.05) is 57.1 Å². The molecule has 0 fully saturated rings. The normalized spacial score (nSPS) is 15.5. The smallest absolute Gasteiger partial charge is 0.338 e. The van der Waals surface area contributed by atoms with Gasteiger partial charge >= 0.3 is 5.97 Å². The Balaban J connectivity index is 1.95. The van der Waals surface area contributed by atoms with Crippen molar-refractivity contribution in [1.29, 1.82) is 0 Å². The number of carbonyl (C=O) groups is 1. The van der Waals surface area contributed by atoms with E-state index in [0.29, 0.717) is 32.1 Å². The summed E-state index contributed by atoms with van der Waals surface area (Å²) < 4.78 is 18.9. The number of aromatic nitrogens is 1. The lowest BCUT2D eigenvalue weighted by molar-refractivity contribution is -0.139. The van der Waals surface area contributed by atoms with Crippen LogP contribution in [0.4, 0.5) is 0 Å². The Morgan fingerprint density at radius 3 is 2.43 bits per heavy atom. The molecule has 9 heteroatoms. The van der Waals surface area contributed by atoms with Crippen LogP contribution in [-0.2, 0) is 9.53 Å². The number of halogens is 1. The molecule has 0 bridgehead atoms. The van der Waals surface area contributed by atoms with Gasteiger partial charge < -0.3 is 14.2 Å². The minimum absolute atomic E-state index is 0.230. The van der Waals surface area contributed by atoms with Crippen LogP contribution < -0.4 is 24.4 Å². The van der Waals surface area contributed by atoms with Crippen LogP contribution in [0, 0.1) is 6.92 Å². The number of methoxy groups -OCH3 is 2. The van der Waals surface area contributed by atoms with Gasteiger partial charge in [0.05, 0.1) is 42.7 Å². The molecular weight excluding hydrogens is 532 g/mol. The van der Waals surface area contributed by atoms with Crippen LogP contribution in [0.2, 0.25) is 0 Å². The number of nitrogens with zero attached hydrogens (tertiary/aromatic N) is 2. The molecule has 0 aliphatic carbocycles. The van der Waals surface area contributed by atoms with E-state index >= 15 is 0 Å². The van der Waals surface area contributed by atoms with Crippen LogP contribution in [0.15, 0.2) is 61.9 Å². The molecule has 0 saturated carbocycles. The van der Waals surface area contributed by atoms with Crippen molar-refractivity contribution in [2.24, 2.45) is 4.99 Å². The molecule has 2 heterocycles. The first-order valence-electron chi connectivity index (χ1n) is 11.0. The fraction of sp³-hybridized carbons (Fsp3) is 0.269. The number of carbonyl (C=O) groups excluding carboxylic acids is 1. The largest absolute Gasteiger partial charge is 0.493 e. The molecule has 1 aliphatic rings. The molecule has 4 rings (SSSR count). The number of hydrogen-bond donors (Lipinski definition) is 0. The molecule has 35 heavy (non-hydrogen) atoms. The summed E-state index contributed by atoms with van der Waals surface area (Å²) in [6.45, 7) is 5.75. The molecule has 0 radical (unpaired) electrons. The molecule has 1 aliphatic heterocycles. The standard InChI is InChI=1S/C26H25BrN2O5S/c1-6-34-25(31)22-15(3)28-26-29(23(22)16-9-7-14(2)8-10-16)24(30)21(35-26)12-17-11-19(32-4)20(33-5)13-18(17)27/h7-13,23H,6H2,1-5H3/b21-12-. The first-order valence-corrected chi connectivity index (χ1v) is 12.6. The summed E-state index contributed by atoms with van der Waals surface area (Å²) >= 11 is 4.82. The number of fused-ring (bicyclic) bond motifs is 1. The van der Waals surface area contributed by atoms with E-state index in [1.165, 1.54) is 11.3 Å². The van der Waals surface area contributed by atoms with E-state index in [1.54, 1.807) is 50.8 Å². The highest BCUT2D eigenvalue weighted by molar-refractivity contribution is 9.10. The lowest BCUT2D eigenvalue weighted by Crippen LogP contribution is -2.39. The van der Waals surface area contributed by atoms with Crippen LogP contribution in [0.5, 0.6) is 11.5 Å². The number of ether oxygens (including phenoxy) is 3. The predicted molar refractivity (Wildman–Crippen MR) is 139 cm³/mol. The lowest BCUT2D eigenvalue weighted by Gasteiger charge is -2.24. The molecule has 7 nitrogen and oxygen atoms in total. The van der Waals surface area contributed by atoms with Gasteiger partial charge in [0.1, 0.15) is 0 Å². The van der Waals surface area contributed by atoms with E-state index in [0.717, 1.165) is 21.2 Å². The lowest BCUT2D eigenvalue weighted by atomic mass is 9.95. The van der Waals surface area contributed by atoms with Gasteiger partial charge in [0.15, 0.2) is 16.3 Å². The van der Waals surface area contributed by atoms with Crippen molar-refractivity contribution in [2.45, 2.75) is 26.8 Å². The maximum atomic E-state index is 13.7. The summed E-state index contributed by atoms with van der Waals surface area (Å²) in [6.07, 6.45) is 1.78. The Morgan fingerprint density at radius 2 is 1.80 bits per heavy atom. The zero-order chi connectivity index (χ0) is 25.3. The summed E-state index contributed by atoms with van der Waals surface area (Å²) in [5.74, 6) is 0.649. The van der Waals surface area contributed by atoms with E-state index in [9.17, 15) is 9.59 Å². The van der Waals surface area contributed by atoms with Crippen molar-refractivity contribution in [1.82, 2.24) is 4.57 Å². The molecule has 1 aromatic heterocycles. The van der Waals surface area contributed by atoms with Gasteiger partial charge in [0, 0.05) is 4.47 Å². The highest BCUT2D eigenvalue weighted by Crippen LogP contribution is 2.34. The first kappa shape index (κ1) is 24.9. The van der Waals surface area contributed by atoms with Gasteiger partial charge in [-0.3, -0.25) is 9.36 Å². The summed E-state index contributed by atoms with van der Waals surface area (Å²) in [7, 11) is 3.13. The Morgan fingerprint density at radius 1 is 1.14 bits per heavy atom. The maximum absolute atomic E-state index is 13.7. The summed E-state index contributed by atoms with van der Waals surface area (Å²) in [5, 5.41) is 0. The molecular formula is C26H25BrN2O5S. The van der Waals surface area contributed by atoms with E-state index in [4.69, 9.17) is 14.2 Å². The highest BCUT2D eigenvalue weighted by Gasteiger charge is 2.33.